The van der Waals surface area contributed by atoms with Gasteiger partial charge in [0.05, 0.1) is 0 Å². The third-order valence-electron chi connectivity index (χ3n) is 4.39. The molecule has 1 saturated heterocycles. The van der Waals surface area contributed by atoms with E-state index in [1.54, 1.807) is 0 Å². The van der Waals surface area contributed by atoms with Crippen molar-refractivity contribution in [2.24, 2.45) is 0 Å². The molecule has 2 N–H and O–H groups in total. The number of amides is 1. The van der Waals surface area contributed by atoms with Gasteiger partial charge < -0.3 is 15.1 Å². The highest BCUT2D eigenvalue weighted by molar-refractivity contribution is 5.95. The Kier molecular flexibility index (Phi) is 3.75. The van der Waals surface area contributed by atoms with Crippen LogP contribution in [-0.2, 0) is 0 Å². The Morgan fingerprint density at radius 2 is 1.73 bits per heavy atom. The summed E-state index contributed by atoms with van der Waals surface area (Å²) in [5.41, 5.74) is 1.56. The van der Waals surface area contributed by atoms with Gasteiger partial charge in [-0.15, -0.1) is 0 Å². The van der Waals surface area contributed by atoms with Gasteiger partial charge in [0.15, 0.2) is 0 Å². The van der Waals surface area contributed by atoms with Crippen molar-refractivity contribution < 1.29 is 15.0 Å². The fourth-order valence-electron chi connectivity index (χ4n) is 3.26. The number of phenols is 2. The van der Waals surface area contributed by atoms with Crippen LogP contribution in [0.1, 0.15) is 35.2 Å². The second-order valence-electron chi connectivity index (χ2n) is 5.78. The van der Waals surface area contributed by atoms with Gasteiger partial charge in [0.1, 0.15) is 11.5 Å². The number of aromatic hydroxyl groups is 2. The van der Waals surface area contributed by atoms with E-state index >= 15 is 0 Å². The van der Waals surface area contributed by atoms with Crippen LogP contribution in [-0.4, -0.2) is 33.6 Å². The van der Waals surface area contributed by atoms with Crippen LogP contribution in [0.25, 0.3) is 0 Å². The van der Waals surface area contributed by atoms with Crippen LogP contribution >= 0.6 is 0 Å². The molecule has 22 heavy (non-hydrogen) atoms. The minimum atomic E-state index is -0.155. The van der Waals surface area contributed by atoms with E-state index < -0.39 is 0 Å². The summed E-state index contributed by atoms with van der Waals surface area (Å²) in [5.74, 6) is -0.0437. The van der Waals surface area contributed by atoms with E-state index in [4.69, 9.17) is 0 Å². The number of rotatable bonds is 2. The number of phenolic OH excluding ortho intramolecular Hbond substituents is 2. The molecule has 1 aliphatic heterocycles. The molecule has 2 aromatic rings. The van der Waals surface area contributed by atoms with E-state index in [0.717, 1.165) is 6.42 Å². The minimum Gasteiger partial charge on any atom is -0.508 e. The summed E-state index contributed by atoms with van der Waals surface area (Å²) in [4.78, 5) is 14.5. The maximum Gasteiger partial charge on any atom is 0.254 e. The minimum absolute atomic E-state index is 0.0828. The number of nitrogens with zero attached hydrogens (tertiary/aromatic N) is 1. The molecule has 4 nitrogen and oxygen atoms in total. The summed E-state index contributed by atoms with van der Waals surface area (Å²) in [5, 5.41) is 19.1. The van der Waals surface area contributed by atoms with E-state index in [0.29, 0.717) is 18.0 Å². The second-order valence-corrected chi connectivity index (χ2v) is 5.78. The van der Waals surface area contributed by atoms with E-state index in [1.807, 2.05) is 30.0 Å². The van der Waals surface area contributed by atoms with Gasteiger partial charge in [0.2, 0.25) is 0 Å². The topological polar surface area (TPSA) is 60.8 Å². The lowest BCUT2D eigenvalue weighted by molar-refractivity contribution is 0.0741. The molecule has 1 amide bonds. The van der Waals surface area contributed by atoms with Gasteiger partial charge in [-0.25, -0.2) is 0 Å². The SMILES string of the molecule is C[C@H]1[C@@H](c2ccccc2)CCN1C(=O)c1cc(O)cc(O)c1. The Morgan fingerprint density at radius 3 is 2.36 bits per heavy atom. The number of carbonyl (C=O) groups is 1. The van der Waals surface area contributed by atoms with Crippen molar-refractivity contribution in [3.8, 4) is 11.5 Å². The van der Waals surface area contributed by atoms with Crippen LogP contribution in [0.2, 0.25) is 0 Å². The molecule has 1 aliphatic rings. The van der Waals surface area contributed by atoms with Crippen molar-refractivity contribution in [1.82, 2.24) is 4.90 Å². The predicted molar refractivity (Wildman–Crippen MR) is 84.1 cm³/mol. The number of hydrogen-bond acceptors (Lipinski definition) is 3. The zero-order chi connectivity index (χ0) is 15.7. The molecule has 1 heterocycles. The van der Waals surface area contributed by atoms with Crippen molar-refractivity contribution in [1.29, 1.82) is 0 Å². The van der Waals surface area contributed by atoms with Gasteiger partial charge in [0.25, 0.3) is 5.91 Å². The average molecular weight is 297 g/mol. The molecule has 0 unspecified atom stereocenters. The van der Waals surface area contributed by atoms with Crippen molar-refractivity contribution >= 4 is 5.91 Å². The first-order chi connectivity index (χ1) is 10.6. The van der Waals surface area contributed by atoms with E-state index in [-0.39, 0.29) is 23.4 Å². The number of likely N-dealkylation sites (tertiary alicyclic amines) is 1. The van der Waals surface area contributed by atoms with E-state index in [2.05, 4.69) is 12.1 Å². The molecule has 4 heteroatoms. The molecule has 2 aromatic carbocycles. The fraction of sp³-hybridized carbons (Fsp3) is 0.278. The summed E-state index contributed by atoms with van der Waals surface area (Å²) >= 11 is 0. The lowest BCUT2D eigenvalue weighted by Crippen LogP contribution is -2.35. The van der Waals surface area contributed by atoms with Gasteiger partial charge in [-0.3, -0.25) is 4.79 Å². The largest absolute Gasteiger partial charge is 0.508 e. The van der Waals surface area contributed by atoms with Gasteiger partial charge >= 0.3 is 0 Å². The Morgan fingerprint density at radius 1 is 1.09 bits per heavy atom. The number of carbonyl (C=O) groups excluding carboxylic acids is 1. The van der Waals surface area contributed by atoms with Crippen LogP contribution in [0.4, 0.5) is 0 Å². The first-order valence-electron chi connectivity index (χ1n) is 7.45. The normalized spacial score (nSPS) is 21.0. The van der Waals surface area contributed by atoms with Crippen molar-refractivity contribution in [3.05, 3.63) is 59.7 Å². The monoisotopic (exact) mass is 297 g/mol. The molecular formula is C18H19NO3. The molecule has 114 valence electrons. The first-order valence-corrected chi connectivity index (χ1v) is 7.45. The number of hydrogen-bond donors (Lipinski definition) is 2. The third-order valence-corrected chi connectivity index (χ3v) is 4.39. The molecule has 0 spiro atoms. The smallest absolute Gasteiger partial charge is 0.254 e. The Hall–Kier alpha value is -2.49. The molecule has 0 radical (unpaired) electrons. The van der Waals surface area contributed by atoms with Crippen LogP contribution in [0, 0.1) is 0 Å². The Labute approximate surface area is 129 Å². The molecule has 0 saturated carbocycles. The van der Waals surface area contributed by atoms with Crippen LogP contribution in [0.3, 0.4) is 0 Å². The Balaban J connectivity index is 1.83. The maximum atomic E-state index is 12.6. The van der Waals surface area contributed by atoms with Crippen molar-refractivity contribution in [2.45, 2.75) is 25.3 Å². The van der Waals surface area contributed by atoms with Crippen molar-refractivity contribution in [2.75, 3.05) is 6.54 Å². The predicted octanol–water partition coefficient (Wildman–Crippen LogP) is 3.12. The van der Waals surface area contributed by atoms with E-state index in [9.17, 15) is 15.0 Å². The molecule has 3 rings (SSSR count). The molecule has 0 aliphatic carbocycles. The summed E-state index contributed by atoms with van der Waals surface area (Å²) < 4.78 is 0. The Bertz CT molecular complexity index is 664. The third kappa shape index (κ3) is 2.64. The van der Waals surface area contributed by atoms with Crippen LogP contribution in [0.5, 0.6) is 11.5 Å². The summed E-state index contributed by atoms with van der Waals surface area (Å²) in [6.45, 7) is 2.72. The fourth-order valence-corrected chi connectivity index (χ4v) is 3.26. The maximum absolute atomic E-state index is 12.6. The van der Waals surface area contributed by atoms with Crippen LogP contribution < -0.4 is 0 Å². The van der Waals surface area contributed by atoms with Gasteiger partial charge in [0, 0.05) is 30.1 Å². The average Bonchev–Trinajstić information content (AvgIpc) is 2.88. The quantitative estimate of drug-likeness (QED) is 0.895. The van der Waals surface area contributed by atoms with Crippen LogP contribution in [0.15, 0.2) is 48.5 Å². The summed E-state index contributed by atoms with van der Waals surface area (Å²) in [7, 11) is 0. The van der Waals surface area contributed by atoms with Gasteiger partial charge in [-0.1, -0.05) is 30.3 Å². The van der Waals surface area contributed by atoms with Gasteiger partial charge in [-0.2, -0.15) is 0 Å². The highest BCUT2D eigenvalue weighted by atomic mass is 16.3. The lowest BCUT2D eigenvalue weighted by Gasteiger charge is -2.25. The molecule has 2 atom stereocenters. The highest BCUT2D eigenvalue weighted by Gasteiger charge is 2.35. The first kappa shape index (κ1) is 14.4. The molecule has 1 fully saturated rings. The van der Waals surface area contributed by atoms with E-state index in [1.165, 1.54) is 23.8 Å². The summed E-state index contributed by atoms with van der Waals surface area (Å²) in [6, 6.07) is 14.3. The summed E-state index contributed by atoms with van der Waals surface area (Å²) in [6.07, 6.45) is 0.918. The number of benzene rings is 2. The second kappa shape index (κ2) is 5.72. The standard InChI is InChI=1S/C18H19NO3/c1-12-17(13-5-3-2-4-6-13)7-8-19(12)18(22)14-9-15(20)11-16(21)10-14/h2-6,9-12,17,20-21H,7-8H2,1H3/t12-,17-/m0/s1. The molecule has 0 aromatic heterocycles. The van der Waals surface area contributed by atoms with Gasteiger partial charge in [-0.05, 0) is 31.0 Å². The molecular weight excluding hydrogens is 278 g/mol. The lowest BCUT2D eigenvalue weighted by atomic mass is 9.93. The molecule has 0 bridgehead atoms. The van der Waals surface area contributed by atoms with Crippen molar-refractivity contribution in [3.63, 3.8) is 0 Å². The zero-order valence-electron chi connectivity index (χ0n) is 12.4. The zero-order valence-corrected chi connectivity index (χ0v) is 12.4. The highest BCUT2D eigenvalue weighted by Crippen LogP contribution is 2.34.